The molecule has 1 aromatic carbocycles. The highest BCUT2D eigenvalue weighted by atomic mass is 19.2. The molecule has 0 fully saturated rings. The van der Waals surface area contributed by atoms with Gasteiger partial charge in [0.25, 0.3) is 0 Å². The molecule has 106 valence electrons. The Balaban J connectivity index is 1.94. The molecular weight excluding hydrogens is 264 g/mol. The Kier molecular flexibility index (Phi) is 2.64. The first kappa shape index (κ1) is 13.1. The Morgan fingerprint density at radius 2 is 1.55 bits per heavy atom. The van der Waals surface area contributed by atoms with Crippen LogP contribution < -0.4 is 0 Å². The molecule has 0 saturated carbocycles. The van der Waals surface area contributed by atoms with E-state index in [1.807, 2.05) is 12.2 Å². The maximum absolute atomic E-state index is 13.4. The van der Waals surface area contributed by atoms with Crippen LogP contribution in [0.2, 0.25) is 0 Å². The zero-order chi connectivity index (χ0) is 14.7. The van der Waals surface area contributed by atoms with Crippen molar-refractivity contribution in [2.75, 3.05) is 0 Å². The Labute approximate surface area is 115 Å². The zero-order valence-corrected chi connectivity index (χ0v) is 11.5. The molecule has 0 saturated heterocycles. The van der Waals surface area contributed by atoms with Crippen LogP contribution in [0.5, 0.6) is 0 Å². The average molecular weight is 279 g/mol. The van der Waals surface area contributed by atoms with Crippen molar-refractivity contribution in [1.82, 2.24) is 4.90 Å². The summed E-state index contributed by atoms with van der Waals surface area (Å²) in [6, 6.07) is 1.58. The summed E-state index contributed by atoms with van der Waals surface area (Å²) >= 11 is 0. The predicted octanol–water partition coefficient (Wildman–Crippen LogP) is 3.87. The zero-order valence-electron chi connectivity index (χ0n) is 11.5. The molecule has 2 bridgehead atoms. The van der Waals surface area contributed by atoms with E-state index in [0.29, 0.717) is 11.1 Å². The highest BCUT2D eigenvalue weighted by molar-refractivity contribution is 5.73. The standard InChI is InChI=1S/C15H15F2NO2/c1-15(2,3)20-14(19)18-12-4-5-13(18)9-7-11(17)10(16)6-8(9)12/h4-7,12-13H,1-3H3/t12-,13+. The monoisotopic (exact) mass is 279 g/mol. The molecule has 1 aromatic rings. The molecule has 0 spiro atoms. The van der Waals surface area contributed by atoms with Crippen molar-refractivity contribution in [2.45, 2.75) is 38.5 Å². The number of hydrogen-bond donors (Lipinski definition) is 0. The van der Waals surface area contributed by atoms with Gasteiger partial charge in [0.05, 0.1) is 12.1 Å². The molecule has 0 unspecified atom stereocenters. The van der Waals surface area contributed by atoms with E-state index in [4.69, 9.17) is 4.74 Å². The second-order valence-electron chi connectivity index (χ2n) is 6.06. The summed E-state index contributed by atoms with van der Waals surface area (Å²) in [6.45, 7) is 5.34. The largest absolute Gasteiger partial charge is 0.444 e. The molecule has 20 heavy (non-hydrogen) atoms. The van der Waals surface area contributed by atoms with E-state index < -0.39 is 23.3 Å². The highest BCUT2D eigenvalue weighted by Crippen LogP contribution is 2.49. The Hall–Kier alpha value is -1.91. The van der Waals surface area contributed by atoms with Gasteiger partial charge < -0.3 is 4.74 Å². The molecule has 3 rings (SSSR count). The van der Waals surface area contributed by atoms with E-state index in [0.717, 1.165) is 12.1 Å². The first-order chi connectivity index (χ1) is 9.28. The van der Waals surface area contributed by atoms with Gasteiger partial charge in [-0.2, -0.15) is 0 Å². The quantitative estimate of drug-likeness (QED) is 0.675. The van der Waals surface area contributed by atoms with Gasteiger partial charge in [0.15, 0.2) is 11.6 Å². The molecule has 2 aliphatic rings. The van der Waals surface area contributed by atoms with Crippen molar-refractivity contribution in [3.05, 3.63) is 47.0 Å². The van der Waals surface area contributed by atoms with Gasteiger partial charge in [-0.05, 0) is 44.0 Å². The Morgan fingerprint density at radius 3 is 1.95 bits per heavy atom. The third-order valence-corrected chi connectivity index (χ3v) is 3.44. The van der Waals surface area contributed by atoms with Gasteiger partial charge in [-0.3, -0.25) is 4.90 Å². The number of nitrogens with zero attached hydrogens (tertiary/aromatic N) is 1. The van der Waals surface area contributed by atoms with Gasteiger partial charge in [0.2, 0.25) is 0 Å². The smallest absolute Gasteiger partial charge is 0.411 e. The van der Waals surface area contributed by atoms with Gasteiger partial charge in [-0.1, -0.05) is 12.2 Å². The molecule has 0 N–H and O–H groups in total. The molecule has 2 heterocycles. The minimum atomic E-state index is -0.895. The summed E-state index contributed by atoms with van der Waals surface area (Å²) < 4.78 is 32.1. The number of carbonyl (C=O) groups is 1. The normalized spacial score (nSPS) is 23.1. The van der Waals surface area contributed by atoms with Crippen molar-refractivity contribution < 1.29 is 18.3 Å². The van der Waals surface area contributed by atoms with Gasteiger partial charge in [0, 0.05) is 0 Å². The van der Waals surface area contributed by atoms with Gasteiger partial charge in [0.1, 0.15) is 5.60 Å². The SMILES string of the molecule is CC(C)(C)OC(=O)N1[C@@H]2C=C[C@H]1c1cc(F)c(F)cc12. The summed E-state index contributed by atoms with van der Waals surface area (Å²) in [5.74, 6) is -1.79. The van der Waals surface area contributed by atoms with Crippen molar-refractivity contribution in [2.24, 2.45) is 0 Å². The maximum Gasteiger partial charge on any atom is 0.411 e. The topological polar surface area (TPSA) is 29.5 Å². The van der Waals surface area contributed by atoms with Crippen LogP contribution in [0.4, 0.5) is 13.6 Å². The van der Waals surface area contributed by atoms with Crippen LogP contribution in [-0.2, 0) is 4.74 Å². The Bertz CT molecular complexity index is 580. The number of rotatable bonds is 0. The molecule has 2 atom stereocenters. The van der Waals surface area contributed by atoms with E-state index in [1.165, 1.54) is 4.90 Å². The van der Waals surface area contributed by atoms with Crippen molar-refractivity contribution in [3.63, 3.8) is 0 Å². The molecule has 2 aliphatic heterocycles. The first-order valence-corrected chi connectivity index (χ1v) is 6.46. The summed E-state index contributed by atoms with van der Waals surface area (Å²) in [4.78, 5) is 13.7. The summed E-state index contributed by atoms with van der Waals surface area (Å²) in [7, 11) is 0. The van der Waals surface area contributed by atoms with Crippen LogP contribution in [0.1, 0.15) is 44.0 Å². The van der Waals surface area contributed by atoms with Gasteiger partial charge in [-0.15, -0.1) is 0 Å². The molecular formula is C15H15F2NO2. The minimum Gasteiger partial charge on any atom is -0.444 e. The molecule has 0 aliphatic carbocycles. The predicted molar refractivity (Wildman–Crippen MR) is 69.1 cm³/mol. The third-order valence-electron chi connectivity index (χ3n) is 3.44. The number of amides is 1. The number of benzene rings is 1. The fourth-order valence-electron chi connectivity index (χ4n) is 2.71. The lowest BCUT2D eigenvalue weighted by molar-refractivity contribution is 0.0196. The molecule has 3 nitrogen and oxygen atoms in total. The minimum absolute atomic E-state index is 0.375. The van der Waals surface area contributed by atoms with Gasteiger partial charge in [-0.25, -0.2) is 13.6 Å². The van der Waals surface area contributed by atoms with Crippen LogP contribution >= 0.6 is 0 Å². The lowest BCUT2D eigenvalue weighted by atomic mass is 9.97. The highest BCUT2D eigenvalue weighted by Gasteiger charge is 2.45. The summed E-state index contributed by atoms with van der Waals surface area (Å²) in [5, 5.41) is 0. The molecule has 0 radical (unpaired) electrons. The van der Waals surface area contributed by atoms with Crippen LogP contribution in [0.25, 0.3) is 0 Å². The van der Waals surface area contributed by atoms with Crippen LogP contribution in [-0.4, -0.2) is 16.6 Å². The molecule has 0 aromatic heterocycles. The maximum atomic E-state index is 13.4. The van der Waals surface area contributed by atoms with Crippen LogP contribution in [0.3, 0.4) is 0 Å². The Morgan fingerprint density at radius 1 is 1.10 bits per heavy atom. The van der Waals surface area contributed by atoms with Gasteiger partial charge >= 0.3 is 6.09 Å². The van der Waals surface area contributed by atoms with Crippen LogP contribution in [0.15, 0.2) is 24.3 Å². The molecule has 5 heteroatoms. The van der Waals surface area contributed by atoms with E-state index in [-0.39, 0.29) is 12.1 Å². The van der Waals surface area contributed by atoms with E-state index >= 15 is 0 Å². The lowest BCUT2D eigenvalue weighted by Gasteiger charge is -2.27. The lowest BCUT2D eigenvalue weighted by Crippen LogP contribution is -2.35. The second kappa shape index (κ2) is 4.04. The fraction of sp³-hybridized carbons (Fsp3) is 0.400. The number of hydrogen-bond acceptors (Lipinski definition) is 2. The number of carbonyl (C=O) groups excluding carboxylic acids is 1. The van der Waals surface area contributed by atoms with Crippen molar-refractivity contribution in [1.29, 1.82) is 0 Å². The third kappa shape index (κ3) is 1.88. The average Bonchev–Trinajstić information content (AvgIpc) is 2.84. The number of halogens is 2. The second-order valence-corrected chi connectivity index (χ2v) is 6.06. The van der Waals surface area contributed by atoms with E-state index in [1.54, 1.807) is 20.8 Å². The fourth-order valence-corrected chi connectivity index (χ4v) is 2.71. The van der Waals surface area contributed by atoms with Crippen LogP contribution in [0, 0.1) is 11.6 Å². The summed E-state index contributed by atoms with van der Waals surface area (Å²) in [5.41, 5.74) is 0.645. The molecule has 1 amide bonds. The van der Waals surface area contributed by atoms with Crippen molar-refractivity contribution >= 4 is 6.09 Å². The first-order valence-electron chi connectivity index (χ1n) is 6.46. The number of ether oxygens (including phenoxy) is 1. The number of fused-ring (bicyclic) bond motifs is 5. The van der Waals surface area contributed by atoms with E-state index in [9.17, 15) is 13.6 Å². The van der Waals surface area contributed by atoms with E-state index in [2.05, 4.69) is 0 Å². The van der Waals surface area contributed by atoms with Crippen molar-refractivity contribution in [3.8, 4) is 0 Å². The summed E-state index contributed by atoms with van der Waals surface area (Å²) in [6.07, 6.45) is 3.15.